The van der Waals surface area contributed by atoms with Crippen molar-refractivity contribution >= 4 is 10.8 Å². The maximum absolute atomic E-state index is 11.2. The quantitative estimate of drug-likeness (QED) is 0.789. The summed E-state index contributed by atoms with van der Waals surface area (Å²) in [6.07, 6.45) is 6.29. The summed E-state index contributed by atoms with van der Waals surface area (Å²) in [6, 6.07) is 0.577. The van der Waals surface area contributed by atoms with E-state index in [1.54, 1.807) is 0 Å². The highest BCUT2D eigenvalue weighted by molar-refractivity contribution is 7.85. The predicted molar refractivity (Wildman–Crippen MR) is 62.5 cm³/mol. The Labute approximate surface area is 94.4 Å². The Kier molecular flexibility index (Phi) is 4.60. The van der Waals surface area contributed by atoms with E-state index in [1.807, 2.05) is 0 Å². The summed E-state index contributed by atoms with van der Waals surface area (Å²) in [6.45, 7) is 1.92. The van der Waals surface area contributed by atoms with Crippen LogP contribution in [0.1, 0.15) is 32.1 Å². The summed E-state index contributed by atoms with van der Waals surface area (Å²) < 4.78 is 16.8. The molecule has 3 nitrogen and oxygen atoms in total. The fourth-order valence-electron chi connectivity index (χ4n) is 2.26. The molecule has 0 aromatic heterocycles. The van der Waals surface area contributed by atoms with Crippen molar-refractivity contribution < 1.29 is 8.95 Å². The van der Waals surface area contributed by atoms with Crippen LogP contribution < -0.4 is 5.32 Å². The van der Waals surface area contributed by atoms with Gasteiger partial charge in [-0.05, 0) is 32.1 Å². The van der Waals surface area contributed by atoms with E-state index < -0.39 is 10.8 Å². The smallest absolute Gasteiger partial charge is 0.0699 e. The molecular formula is C11H21NO2S. The highest BCUT2D eigenvalue weighted by Gasteiger charge is 2.19. The molecule has 15 heavy (non-hydrogen) atoms. The number of hydrogen-bond acceptors (Lipinski definition) is 3. The number of hydrogen-bond donors (Lipinski definition) is 1. The summed E-state index contributed by atoms with van der Waals surface area (Å²) >= 11 is 0. The van der Waals surface area contributed by atoms with E-state index in [9.17, 15) is 4.21 Å². The van der Waals surface area contributed by atoms with Crippen LogP contribution in [0.3, 0.4) is 0 Å². The molecule has 2 saturated heterocycles. The second-order valence-electron chi connectivity index (χ2n) is 4.52. The van der Waals surface area contributed by atoms with Gasteiger partial charge in [0.1, 0.15) is 0 Å². The Hall–Kier alpha value is 0.0700. The van der Waals surface area contributed by atoms with Crippen molar-refractivity contribution in [3.63, 3.8) is 0 Å². The molecule has 0 saturated carbocycles. The van der Waals surface area contributed by atoms with Crippen LogP contribution in [0.2, 0.25) is 0 Å². The van der Waals surface area contributed by atoms with Crippen LogP contribution in [0.5, 0.6) is 0 Å². The zero-order chi connectivity index (χ0) is 10.5. The Balaban J connectivity index is 1.62. The average molecular weight is 231 g/mol. The molecule has 0 amide bonds. The van der Waals surface area contributed by atoms with Crippen LogP contribution in [0.15, 0.2) is 0 Å². The largest absolute Gasteiger partial charge is 0.377 e. The van der Waals surface area contributed by atoms with Crippen molar-refractivity contribution in [2.45, 2.75) is 44.2 Å². The maximum Gasteiger partial charge on any atom is 0.0699 e. The first-order chi connectivity index (χ1) is 7.34. The van der Waals surface area contributed by atoms with E-state index in [0.29, 0.717) is 12.1 Å². The van der Waals surface area contributed by atoms with Gasteiger partial charge in [0, 0.05) is 41.5 Å². The fourth-order valence-corrected chi connectivity index (χ4v) is 3.56. The zero-order valence-corrected chi connectivity index (χ0v) is 10.1. The third kappa shape index (κ3) is 3.85. The molecule has 2 rings (SSSR count). The number of nitrogens with one attached hydrogen (secondary N) is 1. The summed E-state index contributed by atoms with van der Waals surface area (Å²) in [7, 11) is -0.540. The van der Waals surface area contributed by atoms with Gasteiger partial charge in [-0.1, -0.05) is 0 Å². The first kappa shape index (κ1) is 11.6. The minimum absolute atomic E-state index is 0.422. The molecule has 0 aromatic rings. The lowest BCUT2D eigenvalue weighted by Crippen LogP contribution is -2.41. The second-order valence-corrected chi connectivity index (χ2v) is 6.22. The molecule has 2 aliphatic heterocycles. The van der Waals surface area contributed by atoms with Crippen molar-refractivity contribution in [2.75, 3.05) is 24.7 Å². The van der Waals surface area contributed by atoms with Crippen molar-refractivity contribution in [1.29, 1.82) is 0 Å². The van der Waals surface area contributed by atoms with Gasteiger partial charge in [-0.3, -0.25) is 4.21 Å². The second kappa shape index (κ2) is 5.97. The van der Waals surface area contributed by atoms with Gasteiger partial charge in [0.15, 0.2) is 0 Å². The number of ether oxygens (including phenoxy) is 1. The van der Waals surface area contributed by atoms with Crippen LogP contribution in [0.25, 0.3) is 0 Å². The normalized spacial score (nSPS) is 37.7. The molecule has 4 heteroatoms. The predicted octanol–water partition coefficient (Wildman–Crippen LogP) is 1.06. The first-order valence-corrected chi connectivity index (χ1v) is 7.53. The Morgan fingerprint density at radius 3 is 2.67 bits per heavy atom. The Bertz CT molecular complexity index is 207. The van der Waals surface area contributed by atoms with Crippen LogP contribution in [-0.4, -0.2) is 41.0 Å². The van der Waals surface area contributed by atoms with Crippen molar-refractivity contribution in [3.8, 4) is 0 Å². The minimum atomic E-state index is -0.540. The van der Waals surface area contributed by atoms with Crippen LogP contribution >= 0.6 is 0 Å². The van der Waals surface area contributed by atoms with E-state index in [-0.39, 0.29) is 0 Å². The average Bonchev–Trinajstić information content (AvgIpc) is 2.30. The van der Waals surface area contributed by atoms with Gasteiger partial charge in [-0.15, -0.1) is 0 Å². The molecule has 0 bridgehead atoms. The number of rotatable bonds is 3. The van der Waals surface area contributed by atoms with E-state index in [1.165, 1.54) is 19.3 Å². The summed E-state index contributed by atoms with van der Waals surface area (Å²) in [5.41, 5.74) is 0. The third-order valence-corrected chi connectivity index (χ3v) is 4.68. The molecule has 0 spiro atoms. The van der Waals surface area contributed by atoms with Crippen molar-refractivity contribution in [2.24, 2.45) is 0 Å². The maximum atomic E-state index is 11.2. The Morgan fingerprint density at radius 2 is 2.00 bits per heavy atom. The van der Waals surface area contributed by atoms with E-state index in [4.69, 9.17) is 4.74 Å². The monoisotopic (exact) mass is 231 g/mol. The minimum Gasteiger partial charge on any atom is -0.377 e. The van der Waals surface area contributed by atoms with Crippen LogP contribution in [-0.2, 0) is 15.5 Å². The molecule has 0 aromatic carbocycles. The lowest BCUT2D eigenvalue weighted by Gasteiger charge is -2.27. The topological polar surface area (TPSA) is 38.3 Å². The lowest BCUT2D eigenvalue weighted by molar-refractivity contribution is 0.0152. The molecule has 0 radical (unpaired) electrons. The molecule has 88 valence electrons. The lowest BCUT2D eigenvalue weighted by atomic mass is 10.1. The molecule has 2 aliphatic rings. The van der Waals surface area contributed by atoms with Gasteiger partial charge >= 0.3 is 0 Å². The van der Waals surface area contributed by atoms with Crippen LogP contribution in [0, 0.1) is 0 Å². The molecule has 2 heterocycles. The molecule has 1 atom stereocenters. The van der Waals surface area contributed by atoms with Gasteiger partial charge in [-0.2, -0.15) is 0 Å². The van der Waals surface area contributed by atoms with Crippen molar-refractivity contribution in [3.05, 3.63) is 0 Å². The van der Waals surface area contributed by atoms with Gasteiger partial charge in [0.2, 0.25) is 0 Å². The van der Waals surface area contributed by atoms with Gasteiger partial charge < -0.3 is 10.1 Å². The molecule has 1 N–H and O–H groups in total. The summed E-state index contributed by atoms with van der Waals surface area (Å²) in [5, 5.41) is 3.55. The SMILES string of the molecule is O=S1CCC(NCC2CCCCO2)CC1. The van der Waals surface area contributed by atoms with E-state index in [2.05, 4.69) is 5.32 Å². The summed E-state index contributed by atoms with van der Waals surface area (Å²) in [4.78, 5) is 0. The highest BCUT2D eigenvalue weighted by Crippen LogP contribution is 2.13. The van der Waals surface area contributed by atoms with Gasteiger partial charge in [-0.25, -0.2) is 0 Å². The first-order valence-electron chi connectivity index (χ1n) is 6.04. The zero-order valence-electron chi connectivity index (χ0n) is 9.24. The van der Waals surface area contributed by atoms with Crippen LogP contribution in [0.4, 0.5) is 0 Å². The van der Waals surface area contributed by atoms with E-state index >= 15 is 0 Å². The van der Waals surface area contributed by atoms with Crippen molar-refractivity contribution in [1.82, 2.24) is 5.32 Å². The highest BCUT2D eigenvalue weighted by atomic mass is 32.2. The molecule has 2 fully saturated rings. The van der Waals surface area contributed by atoms with Gasteiger partial charge in [0.25, 0.3) is 0 Å². The Morgan fingerprint density at radius 1 is 1.20 bits per heavy atom. The molecular weight excluding hydrogens is 210 g/mol. The van der Waals surface area contributed by atoms with E-state index in [0.717, 1.165) is 37.5 Å². The third-order valence-electron chi connectivity index (χ3n) is 3.30. The fraction of sp³-hybridized carbons (Fsp3) is 1.00. The standard InChI is InChI=1S/C11H21NO2S/c13-15-7-4-10(5-8-15)12-9-11-3-1-2-6-14-11/h10-12H,1-9H2. The summed E-state index contributed by atoms with van der Waals surface area (Å²) in [5.74, 6) is 1.76. The van der Waals surface area contributed by atoms with Gasteiger partial charge in [0.05, 0.1) is 6.10 Å². The molecule has 1 unspecified atom stereocenters. The molecule has 0 aliphatic carbocycles.